The highest BCUT2D eigenvalue weighted by atomic mass is 16.3. The molecule has 0 aromatic heterocycles. The molecule has 1 aliphatic heterocycles. The summed E-state index contributed by atoms with van der Waals surface area (Å²) in [5, 5.41) is 10.9. The van der Waals surface area contributed by atoms with Gasteiger partial charge in [-0.3, -0.25) is 4.90 Å². The number of aliphatic hydroxyl groups is 1. The summed E-state index contributed by atoms with van der Waals surface area (Å²) in [6, 6.07) is 29.0. The molecule has 0 bridgehead atoms. The molecule has 5 rings (SSSR count). The summed E-state index contributed by atoms with van der Waals surface area (Å²) < 4.78 is 0. The first-order valence-corrected chi connectivity index (χ1v) is 15.8. The van der Waals surface area contributed by atoms with Crippen molar-refractivity contribution in [3.63, 3.8) is 0 Å². The Bertz CT molecular complexity index is 1330. The molecule has 1 N–H and O–H groups in total. The third kappa shape index (κ3) is 7.79. The summed E-state index contributed by atoms with van der Waals surface area (Å²) in [7, 11) is 0. The van der Waals surface area contributed by atoms with E-state index in [4.69, 9.17) is 0 Å². The van der Waals surface area contributed by atoms with E-state index in [2.05, 4.69) is 92.6 Å². The van der Waals surface area contributed by atoms with Gasteiger partial charge >= 0.3 is 0 Å². The second-order valence-corrected chi connectivity index (χ2v) is 12.7. The minimum Gasteiger partial charge on any atom is -0.392 e. The largest absolute Gasteiger partial charge is 0.392 e. The average Bonchev–Trinajstić information content (AvgIpc) is 3.82. The van der Waals surface area contributed by atoms with Crippen molar-refractivity contribution < 1.29 is 5.11 Å². The Kier molecular flexibility index (Phi) is 9.81. The van der Waals surface area contributed by atoms with Gasteiger partial charge in [0.25, 0.3) is 0 Å². The minimum atomic E-state index is -0.293. The van der Waals surface area contributed by atoms with Gasteiger partial charge in [0.15, 0.2) is 0 Å². The Morgan fingerprint density at radius 3 is 2.20 bits per heavy atom. The van der Waals surface area contributed by atoms with Crippen LogP contribution in [0.3, 0.4) is 0 Å². The van der Waals surface area contributed by atoms with E-state index in [-0.39, 0.29) is 6.10 Å². The topological polar surface area (TPSA) is 23.5 Å². The van der Waals surface area contributed by atoms with Gasteiger partial charge in [-0.05, 0) is 98.2 Å². The number of benzene rings is 3. The predicted molar refractivity (Wildman–Crippen MR) is 172 cm³/mol. The van der Waals surface area contributed by atoms with Crippen molar-refractivity contribution in [1.29, 1.82) is 0 Å². The molecule has 1 saturated carbocycles. The number of hydrogen-bond donors (Lipinski definition) is 1. The molecule has 1 heterocycles. The number of β-amino-alcohol motifs (C(OH)–C–C–N with tert-alkyl or cyclic N) is 1. The molecule has 0 amide bonds. The molecule has 1 aliphatic carbocycles. The van der Waals surface area contributed by atoms with E-state index in [1.54, 1.807) is 0 Å². The smallest absolute Gasteiger partial charge is 0.0692 e. The van der Waals surface area contributed by atoms with Crippen LogP contribution in [0.1, 0.15) is 86.6 Å². The van der Waals surface area contributed by atoms with Crippen LogP contribution in [0.2, 0.25) is 0 Å². The summed E-state index contributed by atoms with van der Waals surface area (Å²) >= 11 is 0. The Morgan fingerprint density at radius 2 is 1.56 bits per heavy atom. The third-order valence-corrected chi connectivity index (χ3v) is 9.49. The number of hydrogen-bond acceptors (Lipinski definition) is 2. The normalized spacial score (nSPS) is 21.8. The zero-order valence-corrected chi connectivity index (χ0v) is 25.2. The van der Waals surface area contributed by atoms with Gasteiger partial charge in [0.2, 0.25) is 0 Å². The van der Waals surface area contributed by atoms with Crippen LogP contribution in [0.4, 0.5) is 0 Å². The lowest BCUT2D eigenvalue weighted by atomic mass is 9.73. The van der Waals surface area contributed by atoms with Gasteiger partial charge in [0.1, 0.15) is 0 Å². The highest BCUT2D eigenvalue weighted by Gasteiger charge is 2.46. The van der Waals surface area contributed by atoms with Crippen molar-refractivity contribution in [2.75, 3.05) is 6.54 Å². The maximum absolute atomic E-state index is 10.9. The molecule has 2 heteroatoms. The van der Waals surface area contributed by atoms with Crippen molar-refractivity contribution in [3.8, 4) is 11.8 Å². The fraction of sp³-hybridized carbons (Fsp3) is 0.436. The van der Waals surface area contributed by atoms with Crippen LogP contribution in [-0.2, 0) is 12.8 Å². The molecule has 1 saturated heterocycles. The first-order valence-electron chi connectivity index (χ1n) is 15.8. The van der Waals surface area contributed by atoms with Crippen molar-refractivity contribution in [2.24, 2.45) is 11.8 Å². The Balaban J connectivity index is 1.23. The van der Waals surface area contributed by atoms with E-state index >= 15 is 0 Å². The second kappa shape index (κ2) is 13.7. The van der Waals surface area contributed by atoms with Crippen molar-refractivity contribution >= 4 is 0 Å². The fourth-order valence-electron chi connectivity index (χ4n) is 6.38. The van der Waals surface area contributed by atoms with Crippen molar-refractivity contribution in [2.45, 2.75) is 89.8 Å². The van der Waals surface area contributed by atoms with Crippen LogP contribution in [0, 0.1) is 23.7 Å². The maximum Gasteiger partial charge on any atom is 0.0692 e. The van der Waals surface area contributed by atoms with E-state index in [9.17, 15) is 5.11 Å². The molecule has 5 atom stereocenters. The predicted octanol–water partition coefficient (Wildman–Crippen LogP) is 8.18. The molecule has 3 aromatic carbocycles. The number of aliphatic hydroxyl groups excluding tert-OH is 1. The average molecular weight is 546 g/mol. The lowest BCUT2D eigenvalue weighted by molar-refractivity contribution is -0.0510. The van der Waals surface area contributed by atoms with E-state index < -0.39 is 0 Å². The van der Waals surface area contributed by atoms with Gasteiger partial charge in [-0.15, -0.1) is 0 Å². The van der Waals surface area contributed by atoms with Gasteiger partial charge in [0, 0.05) is 35.7 Å². The first-order chi connectivity index (χ1) is 19.9. The highest BCUT2D eigenvalue weighted by Crippen LogP contribution is 2.43. The molecule has 2 fully saturated rings. The first kappa shape index (κ1) is 29.4. The molecular formula is C39H47NO. The Labute approximate surface area is 248 Å². The third-order valence-electron chi connectivity index (χ3n) is 9.49. The van der Waals surface area contributed by atoms with E-state index in [0.29, 0.717) is 23.9 Å². The van der Waals surface area contributed by atoms with Gasteiger partial charge in [0.05, 0.1) is 6.10 Å². The molecule has 0 radical (unpaired) electrons. The van der Waals surface area contributed by atoms with Crippen LogP contribution in [0.25, 0.3) is 0 Å². The molecule has 214 valence electrons. The number of rotatable bonds is 12. The minimum absolute atomic E-state index is 0.293. The summed E-state index contributed by atoms with van der Waals surface area (Å²) in [5.74, 6) is 8.27. The van der Waals surface area contributed by atoms with Crippen LogP contribution in [-0.4, -0.2) is 34.7 Å². The van der Waals surface area contributed by atoms with E-state index in [1.165, 1.54) is 41.5 Å². The number of nitrogens with zero attached hydrogens (tertiary/aromatic N) is 1. The van der Waals surface area contributed by atoms with E-state index in [1.807, 2.05) is 30.3 Å². The maximum atomic E-state index is 10.9. The summed E-state index contributed by atoms with van der Waals surface area (Å²) in [6.45, 7) is 11.9. The lowest BCUT2D eigenvalue weighted by Crippen LogP contribution is -2.62. The van der Waals surface area contributed by atoms with Gasteiger partial charge < -0.3 is 5.11 Å². The monoisotopic (exact) mass is 545 g/mol. The van der Waals surface area contributed by atoms with Gasteiger partial charge in [-0.1, -0.05) is 98.9 Å². The highest BCUT2D eigenvalue weighted by molar-refractivity contribution is 5.44. The second-order valence-electron chi connectivity index (χ2n) is 12.7. The standard InChI is InChI=1S/C39H47NO/c1-5-29(3)38(41)27-40-30(4)39(36-22-20-32(21-23-36)13-12-31-9-7-6-8-10-31)37(40)24-11-28(2)25-33-14-16-34(17-15-33)26-35-18-19-35/h6-10,14-17,20-23,29-30,35,37-39,41H,2,5,11,18-19,24-27H2,1,3-4H3/t29?,30-,37?,38?,39-/m1/s1. The molecule has 3 unspecified atom stereocenters. The molecule has 41 heavy (non-hydrogen) atoms. The molecule has 2 nitrogen and oxygen atoms in total. The Morgan fingerprint density at radius 1 is 0.927 bits per heavy atom. The van der Waals surface area contributed by atoms with E-state index in [0.717, 1.165) is 49.3 Å². The SMILES string of the molecule is C=C(CCC1[C@@H](c2ccc(C#Cc3ccccc3)cc2)[C@@H](C)N1CC(O)C(C)CC)Cc1ccc(CC2CC2)cc1. The zero-order chi connectivity index (χ0) is 28.8. The number of allylic oxidation sites excluding steroid dienone is 1. The summed E-state index contributed by atoms with van der Waals surface area (Å²) in [6.07, 6.45) is 7.76. The van der Waals surface area contributed by atoms with Crippen LogP contribution >= 0.6 is 0 Å². The molecule has 0 spiro atoms. The molecule has 3 aromatic rings. The lowest BCUT2D eigenvalue weighted by Gasteiger charge is -2.55. The summed E-state index contributed by atoms with van der Waals surface area (Å²) in [4.78, 5) is 2.55. The molecular weight excluding hydrogens is 498 g/mol. The fourth-order valence-corrected chi connectivity index (χ4v) is 6.38. The van der Waals surface area contributed by atoms with Crippen molar-refractivity contribution in [1.82, 2.24) is 4.90 Å². The number of likely N-dealkylation sites (tertiary alicyclic amines) is 1. The van der Waals surface area contributed by atoms with Crippen LogP contribution in [0.5, 0.6) is 0 Å². The van der Waals surface area contributed by atoms with Gasteiger partial charge in [-0.2, -0.15) is 0 Å². The quantitative estimate of drug-likeness (QED) is 0.183. The van der Waals surface area contributed by atoms with Crippen LogP contribution in [0.15, 0.2) is 91.0 Å². The summed E-state index contributed by atoms with van der Waals surface area (Å²) in [5.41, 5.74) is 7.59. The van der Waals surface area contributed by atoms with Gasteiger partial charge in [-0.25, -0.2) is 0 Å². The van der Waals surface area contributed by atoms with Crippen LogP contribution < -0.4 is 0 Å². The molecule has 2 aliphatic rings. The Hall–Kier alpha value is -3.12. The van der Waals surface area contributed by atoms with Crippen molar-refractivity contribution in [3.05, 3.63) is 119 Å². The zero-order valence-electron chi connectivity index (χ0n) is 25.2.